The van der Waals surface area contributed by atoms with Crippen LogP contribution in [-0.2, 0) is 23.1 Å². The van der Waals surface area contributed by atoms with Gasteiger partial charge in [-0.3, -0.25) is 14.3 Å². The average molecular weight is 475 g/mol. The number of benzene rings is 2. The van der Waals surface area contributed by atoms with E-state index in [1.54, 1.807) is 14.0 Å². The molecule has 0 saturated carbocycles. The molecule has 1 aliphatic heterocycles. The zero-order valence-corrected chi connectivity index (χ0v) is 19.5. The van der Waals surface area contributed by atoms with E-state index in [9.17, 15) is 19.5 Å². The Balaban J connectivity index is 1.21. The van der Waals surface area contributed by atoms with Gasteiger partial charge < -0.3 is 20.1 Å². The number of likely N-dealkylation sites (tertiary alicyclic amines) is 1. The minimum atomic E-state index is -0.937. The van der Waals surface area contributed by atoms with E-state index in [1.807, 2.05) is 24.3 Å². The van der Waals surface area contributed by atoms with E-state index in [2.05, 4.69) is 34.7 Å². The number of alkyl carbamates (subject to hydrolysis) is 1. The van der Waals surface area contributed by atoms with Crippen LogP contribution in [0.2, 0.25) is 0 Å². The smallest absolute Gasteiger partial charge is 0.407 e. The number of aliphatic carboxylic acids is 1. The number of carbonyl (C=O) groups excluding carboxylic acids is 2. The fourth-order valence-electron chi connectivity index (χ4n) is 4.93. The molecule has 180 valence electrons. The van der Waals surface area contributed by atoms with Gasteiger partial charge in [0.25, 0.3) is 5.91 Å². The first-order valence-electron chi connectivity index (χ1n) is 11.4. The summed E-state index contributed by atoms with van der Waals surface area (Å²) in [5, 5.41) is 16.2. The molecule has 2 aliphatic rings. The molecule has 0 spiro atoms. The Hall–Kier alpha value is -4.14. The monoisotopic (exact) mass is 474 g/mol. The van der Waals surface area contributed by atoms with Crippen molar-refractivity contribution in [2.45, 2.75) is 19.4 Å². The fourth-order valence-corrected chi connectivity index (χ4v) is 4.93. The minimum Gasteiger partial charge on any atom is -0.481 e. The van der Waals surface area contributed by atoms with Gasteiger partial charge in [0.2, 0.25) is 0 Å². The summed E-state index contributed by atoms with van der Waals surface area (Å²) in [6.45, 7) is 2.13. The second-order valence-corrected chi connectivity index (χ2v) is 9.35. The van der Waals surface area contributed by atoms with Crippen LogP contribution < -0.4 is 5.32 Å². The number of aromatic nitrogens is 2. The predicted octanol–water partition coefficient (Wildman–Crippen LogP) is 3.01. The number of hydrogen-bond acceptors (Lipinski definition) is 5. The average Bonchev–Trinajstić information content (AvgIpc) is 3.36. The van der Waals surface area contributed by atoms with Crippen molar-refractivity contribution < 1.29 is 24.2 Å². The number of carboxylic acid groups (broad SMARTS) is 1. The zero-order valence-electron chi connectivity index (χ0n) is 19.5. The summed E-state index contributed by atoms with van der Waals surface area (Å²) in [6, 6.07) is 16.2. The number of hydrogen-bond donors (Lipinski definition) is 2. The topological polar surface area (TPSA) is 114 Å². The van der Waals surface area contributed by atoms with Crippen molar-refractivity contribution in [3.63, 3.8) is 0 Å². The molecule has 5 rings (SSSR count). The summed E-state index contributed by atoms with van der Waals surface area (Å²) in [7, 11) is 1.64. The van der Waals surface area contributed by atoms with Gasteiger partial charge in [0.15, 0.2) is 0 Å². The van der Waals surface area contributed by atoms with Crippen LogP contribution in [0.15, 0.2) is 54.7 Å². The van der Waals surface area contributed by atoms with Crippen molar-refractivity contribution in [3.05, 3.63) is 77.1 Å². The van der Waals surface area contributed by atoms with E-state index in [4.69, 9.17) is 4.74 Å². The maximum absolute atomic E-state index is 12.9. The van der Waals surface area contributed by atoms with Crippen LogP contribution in [0.25, 0.3) is 11.1 Å². The summed E-state index contributed by atoms with van der Waals surface area (Å²) >= 11 is 0. The molecule has 2 N–H and O–H groups in total. The maximum Gasteiger partial charge on any atom is 0.407 e. The highest BCUT2D eigenvalue weighted by Crippen LogP contribution is 2.44. The molecule has 9 heteroatoms. The van der Waals surface area contributed by atoms with E-state index < -0.39 is 17.5 Å². The van der Waals surface area contributed by atoms with Crippen LogP contribution in [0.4, 0.5) is 4.79 Å². The normalized spacial score (nSPS) is 15.7. The number of nitrogens with zero attached hydrogens (tertiary/aromatic N) is 3. The molecule has 0 radical (unpaired) electrons. The van der Waals surface area contributed by atoms with E-state index in [0.717, 1.165) is 22.3 Å². The Kier molecular flexibility index (Phi) is 5.55. The van der Waals surface area contributed by atoms with Gasteiger partial charge in [0.1, 0.15) is 17.7 Å². The number of amides is 2. The van der Waals surface area contributed by atoms with Crippen LogP contribution >= 0.6 is 0 Å². The number of carbonyl (C=O) groups is 3. The molecule has 1 saturated heterocycles. The van der Waals surface area contributed by atoms with Gasteiger partial charge in [-0.15, -0.1) is 0 Å². The summed E-state index contributed by atoms with van der Waals surface area (Å²) in [4.78, 5) is 38.3. The lowest BCUT2D eigenvalue weighted by Gasteiger charge is -2.44. The van der Waals surface area contributed by atoms with Gasteiger partial charge in [-0.25, -0.2) is 4.79 Å². The Bertz CT molecular complexity index is 1280. The van der Waals surface area contributed by atoms with Crippen molar-refractivity contribution in [3.8, 4) is 11.1 Å². The first-order valence-corrected chi connectivity index (χ1v) is 11.4. The lowest BCUT2D eigenvalue weighted by molar-refractivity contribution is -0.155. The van der Waals surface area contributed by atoms with E-state index in [-0.39, 0.29) is 38.1 Å². The summed E-state index contributed by atoms with van der Waals surface area (Å²) < 4.78 is 7.00. The van der Waals surface area contributed by atoms with Crippen LogP contribution in [-0.4, -0.2) is 57.5 Å². The minimum absolute atomic E-state index is 0.0429. The number of rotatable bonds is 6. The largest absolute Gasteiger partial charge is 0.481 e. The molecular formula is C26H26N4O5. The highest BCUT2D eigenvalue weighted by atomic mass is 16.5. The van der Waals surface area contributed by atoms with Crippen molar-refractivity contribution >= 4 is 18.0 Å². The standard InChI is InChI=1S/C26H26N4O5/c1-26(24(32)33)14-30(15-26)23(31)22-16(12-28-29(22)2)11-27-25(34)35-13-21-19-9-5-3-7-17(19)18-8-4-6-10-20(18)21/h3-10,12,21H,11,13-15H2,1-2H3,(H,27,34)(H,32,33). The molecule has 3 aromatic rings. The van der Waals surface area contributed by atoms with Gasteiger partial charge in [-0.2, -0.15) is 5.10 Å². The van der Waals surface area contributed by atoms with Crippen LogP contribution in [0.1, 0.15) is 40.0 Å². The molecular weight excluding hydrogens is 448 g/mol. The predicted molar refractivity (Wildman–Crippen MR) is 127 cm³/mol. The SMILES string of the molecule is Cn1ncc(CNC(=O)OCC2c3ccccc3-c3ccccc32)c1C(=O)N1CC(C)(C(=O)O)C1. The summed E-state index contributed by atoms with van der Waals surface area (Å²) in [5.74, 6) is -1.28. The van der Waals surface area contributed by atoms with E-state index in [0.29, 0.717) is 11.3 Å². The lowest BCUT2D eigenvalue weighted by Crippen LogP contribution is -2.60. The highest BCUT2D eigenvalue weighted by molar-refractivity contribution is 5.96. The molecule has 2 heterocycles. The zero-order chi connectivity index (χ0) is 24.7. The Labute approximate surface area is 202 Å². The third kappa shape index (κ3) is 3.92. The quantitative estimate of drug-likeness (QED) is 0.568. The van der Waals surface area contributed by atoms with Crippen molar-refractivity contribution in [2.75, 3.05) is 19.7 Å². The maximum atomic E-state index is 12.9. The van der Waals surface area contributed by atoms with Gasteiger partial charge in [-0.05, 0) is 29.2 Å². The van der Waals surface area contributed by atoms with Crippen LogP contribution in [0.3, 0.4) is 0 Å². The highest BCUT2D eigenvalue weighted by Gasteiger charge is 2.48. The molecule has 9 nitrogen and oxygen atoms in total. The van der Waals surface area contributed by atoms with Crippen molar-refractivity contribution in [2.24, 2.45) is 12.5 Å². The molecule has 0 atom stereocenters. The molecule has 1 aliphatic carbocycles. The van der Waals surface area contributed by atoms with Crippen LogP contribution in [0.5, 0.6) is 0 Å². The Morgan fingerprint density at radius 2 is 1.69 bits per heavy atom. The third-order valence-corrected chi connectivity index (χ3v) is 6.87. The Morgan fingerprint density at radius 1 is 1.09 bits per heavy atom. The molecule has 0 unspecified atom stereocenters. The van der Waals surface area contributed by atoms with Gasteiger partial charge in [0.05, 0.1) is 12.7 Å². The fraction of sp³-hybridized carbons (Fsp3) is 0.308. The third-order valence-electron chi connectivity index (χ3n) is 6.87. The molecule has 2 amide bonds. The second-order valence-electron chi connectivity index (χ2n) is 9.35. The van der Waals surface area contributed by atoms with E-state index >= 15 is 0 Å². The first-order chi connectivity index (χ1) is 16.8. The molecule has 1 fully saturated rings. The number of fused-ring (bicyclic) bond motifs is 3. The number of carboxylic acids is 1. The summed E-state index contributed by atoms with van der Waals surface area (Å²) in [5.41, 5.74) is 4.48. The number of ether oxygens (including phenoxy) is 1. The summed E-state index contributed by atoms with van der Waals surface area (Å²) in [6.07, 6.45) is 0.934. The number of nitrogens with one attached hydrogen (secondary N) is 1. The molecule has 0 bridgehead atoms. The number of aryl methyl sites for hydroxylation is 1. The van der Waals surface area contributed by atoms with Gasteiger partial charge >= 0.3 is 12.1 Å². The second kappa shape index (κ2) is 8.57. The molecule has 2 aromatic carbocycles. The van der Waals surface area contributed by atoms with Crippen molar-refractivity contribution in [1.82, 2.24) is 20.0 Å². The molecule has 1 aromatic heterocycles. The van der Waals surface area contributed by atoms with Crippen molar-refractivity contribution in [1.29, 1.82) is 0 Å². The lowest BCUT2D eigenvalue weighted by atomic mass is 9.82. The first kappa shape index (κ1) is 22.6. The van der Waals surface area contributed by atoms with Gasteiger partial charge in [-0.1, -0.05) is 48.5 Å². The van der Waals surface area contributed by atoms with Gasteiger partial charge in [0, 0.05) is 31.6 Å². The van der Waals surface area contributed by atoms with Crippen LogP contribution in [0, 0.1) is 5.41 Å². The Morgan fingerprint density at radius 3 is 2.29 bits per heavy atom. The molecule has 35 heavy (non-hydrogen) atoms. The van der Waals surface area contributed by atoms with E-state index in [1.165, 1.54) is 15.8 Å².